The van der Waals surface area contributed by atoms with Gasteiger partial charge in [-0.3, -0.25) is 13.9 Å². The number of sulfonamides is 1. The lowest BCUT2D eigenvalue weighted by molar-refractivity contribution is -0.121. The van der Waals surface area contributed by atoms with Crippen molar-refractivity contribution in [3.05, 3.63) is 70.6 Å². The van der Waals surface area contributed by atoms with Gasteiger partial charge in [-0.1, -0.05) is 42.5 Å². The number of hydrogen-bond acceptors (Lipinski definition) is 4. The molecule has 9 heteroatoms. The van der Waals surface area contributed by atoms with E-state index in [1.165, 1.54) is 9.13 Å². The number of nitrogens with zero attached hydrogens (tertiary/aromatic N) is 2. The second-order valence-electron chi connectivity index (χ2n) is 6.39. The Hall–Kier alpha value is -2.91. The van der Waals surface area contributed by atoms with Crippen molar-refractivity contribution in [3.63, 3.8) is 0 Å². The molecule has 28 heavy (non-hydrogen) atoms. The summed E-state index contributed by atoms with van der Waals surface area (Å²) < 4.78 is 29.4. The van der Waals surface area contributed by atoms with Gasteiger partial charge in [0.05, 0.1) is 16.8 Å². The molecule has 148 valence electrons. The molecule has 3 aromatic rings. The lowest BCUT2D eigenvalue weighted by Crippen LogP contribution is -2.37. The minimum Gasteiger partial charge on any atom is -0.353 e. The lowest BCUT2D eigenvalue weighted by Gasteiger charge is -2.08. The summed E-state index contributed by atoms with van der Waals surface area (Å²) in [6, 6.07) is 16.4. The molecule has 8 nitrogen and oxygen atoms in total. The van der Waals surface area contributed by atoms with Gasteiger partial charge < -0.3 is 5.32 Å². The summed E-state index contributed by atoms with van der Waals surface area (Å²) in [4.78, 5) is 24.5. The van der Waals surface area contributed by atoms with Crippen LogP contribution in [0.1, 0.15) is 5.56 Å². The molecule has 3 rings (SSSR count). The van der Waals surface area contributed by atoms with Gasteiger partial charge in [-0.2, -0.15) is 0 Å². The van der Waals surface area contributed by atoms with E-state index in [1.54, 1.807) is 25.2 Å². The standard InChI is InChI=1S/C19H22N4O4S/c1-22-16-9-5-6-10-17(16)23(19(22)25)14-18(24)20-11-12-28(26,27)21-13-15-7-3-2-4-8-15/h2-10,21H,11-14H2,1H3,(H,20,24). The minimum atomic E-state index is -3.52. The number of imidazole rings is 1. The summed E-state index contributed by atoms with van der Waals surface area (Å²) in [6.45, 7) is -0.0112. The van der Waals surface area contributed by atoms with Gasteiger partial charge in [-0.15, -0.1) is 0 Å². The maximum Gasteiger partial charge on any atom is 0.329 e. The first-order valence-electron chi connectivity index (χ1n) is 8.79. The average molecular weight is 402 g/mol. The molecule has 1 amide bonds. The first-order valence-corrected chi connectivity index (χ1v) is 10.4. The van der Waals surface area contributed by atoms with E-state index in [2.05, 4.69) is 10.0 Å². The molecular formula is C19H22N4O4S. The van der Waals surface area contributed by atoms with Crippen LogP contribution < -0.4 is 15.7 Å². The van der Waals surface area contributed by atoms with Gasteiger partial charge in [0.25, 0.3) is 0 Å². The van der Waals surface area contributed by atoms with Gasteiger partial charge in [0, 0.05) is 20.1 Å². The molecule has 0 saturated carbocycles. The molecule has 0 aliphatic carbocycles. The Kier molecular flexibility index (Phi) is 5.96. The van der Waals surface area contributed by atoms with Gasteiger partial charge >= 0.3 is 5.69 Å². The van der Waals surface area contributed by atoms with Crippen LogP contribution in [0.3, 0.4) is 0 Å². The predicted octanol–water partition coefficient (Wildman–Crippen LogP) is 0.576. The molecule has 0 atom stereocenters. The zero-order chi connectivity index (χ0) is 20.1. The van der Waals surface area contributed by atoms with Crippen LogP contribution in [0, 0.1) is 0 Å². The number of fused-ring (bicyclic) bond motifs is 1. The molecule has 0 aliphatic rings. The molecule has 1 heterocycles. The van der Waals surface area contributed by atoms with Crippen LogP contribution in [0.25, 0.3) is 11.0 Å². The number of aromatic nitrogens is 2. The second kappa shape index (κ2) is 8.41. The van der Waals surface area contributed by atoms with E-state index in [1.807, 2.05) is 36.4 Å². The molecule has 0 fully saturated rings. The van der Waals surface area contributed by atoms with E-state index in [9.17, 15) is 18.0 Å². The number of rotatable bonds is 8. The second-order valence-corrected chi connectivity index (χ2v) is 8.32. The van der Waals surface area contributed by atoms with Crippen molar-refractivity contribution >= 4 is 27.0 Å². The topological polar surface area (TPSA) is 102 Å². The molecule has 2 N–H and O–H groups in total. The third-order valence-electron chi connectivity index (χ3n) is 4.39. The van der Waals surface area contributed by atoms with Crippen LogP contribution in [-0.4, -0.2) is 35.8 Å². The number of amides is 1. The Morgan fingerprint density at radius 1 is 1.00 bits per heavy atom. The largest absolute Gasteiger partial charge is 0.353 e. The van der Waals surface area contributed by atoms with E-state index >= 15 is 0 Å². The van der Waals surface area contributed by atoms with Gasteiger partial charge in [0.2, 0.25) is 15.9 Å². The average Bonchev–Trinajstić information content (AvgIpc) is 2.92. The Balaban J connectivity index is 1.54. The molecule has 0 radical (unpaired) electrons. The van der Waals surface area contributed by atoms with E-state index in [0.717, 1.165) is 11.1 Å². The lowest BCUT2D eigenvalue weighted by atomic mass is 10.2. The third kappa shape index (κ3) is 4.68. The van der Waals surface area contributed by atoms with Crippen molar-refractivity contribution < 1.29 is 13.2 Å². The number of para-hydroxylation sites is 2. The maximum atomic E-state index is 12.3. The van der Waals surface area contributed by atoms with E-state index in [-0.39, 0.29) is 31.1 Å². The van der Waals surface area contributed by atoms with Crippen LogP contribution in [0.15, 0.2) is 59.4 Å². The number of carbonyl (C=O) groups is 1. The van der Waals surface area contributed by atoms with Crippen molar-refractivity contribution in [2.24, 2.45) is 7.05 Å². The fourth-order valence-electron chi connectivity index (χ4n) is 2.90. The van der Waals surface area contributed by atoms with E-state index in [0.29, 0.717) is 5.52 Å². The van der Waals surface area contributed by atoms with Crippen LogP contribution >= 0.6 is 0 Å². The van der Waals surface area contributed by atoms with Crippen LogP contribution in [0.4, 0.5) is 0 Å². The molecule has 2 aromatic carbocycles. The molecule has 0 spiro atoms. The molecule has 0 saturated heterocycles. The van der Waals surface area contributed by atoms with Crippen LogP contribution in [0.2, 0.25) is 0 Å². The predicted molar refractivity (Wildman–Crippen MR) is 107 cm³/mol. The maximum absolute atomic E-state index is 12.3. The number of nitrogens with one attached hydrogen (secondary N) is 2. The Labute approximate surface area is 162 Å². The summed E-state index contributed by atoms with van der Waals surface area (Å²) in [6.07, 6.45) is 0. The summed E-state index contributed by atoms with van der Waals surface area (Å²) in [7, 11) is -1.88. The van der Waals surface area contributed by atoms with E-state index in [4.69, 9.17) is 0 Å². The fourth-order valence-corrected chi connectivity index (χ4v) is 3.80. The summed E-state index contributed by atoms with van der Waals surface area (Å²) in [5.41, 5.74) is 1.94. The first-order chi connectivity index (χ1) is 13.4. The van der Waals surface area contributed by atoms with Crippen LogP contribution in [0.5, 0.6) is 0 Å². The van der Waals surface area contributed by atoms with Gasteiger partial charge in [-0.05, 0) is 17.7 Å². The van der Waals surface area contributed by atoms with Crippen molar-refractivity contribution in [1.82, 2.24) is 19.2 Å². The smallest absolute Gasteiger partial charge is 0.329 e. The SMILES string of the molecule is Cn1c(=O)n(CC(=O)NCCS(=O)(=O)NCc2ccccc2)c2ccccc21. The molecular weight excluding hydrogens is 380 g/mol. The highest BCUT2D eigenvalue weighted by Crippen LogP contribution is 2.11. The first kappa shape index (κ1) is 19.8. The van der Waals surface area contributed by atoms with Gasteiger partial charge in [-0.25, -0.2) is 17.9 Å². The van der Waals surface area contributed by atoms with Gasteiger partial charge in [0.1, 0.15) is 6.54 Å². The zero-order valence-corrected chi connectivity index (χ0v) is 16.3. The summed E-state index contributed by atoms with van der Waals surface area (Å²) >= 11 is 0. The Morgan fingerprint density at radius 3 is 2.36 bits per heavy atom. The van der Waals surface area contributed by atoms with Crippen molar-refractivity contribution in [2.75, 3.05) is 12.3 Å². The minimum absolute atomic E-state index is 0.0392. The fraction of sp³-hybridized carbons (Fsp3) is 0.263. The number of hydrogen-bond donors (Lipinski definition) is 2. The molecule has 1 aromatic heterocycles. The summed E-state index contributed by atoms with van der Waals surface area (Å²) in [5, 5.41) is 2.56. The molecule has 0 unspecified atom stereocenters. The Bertz CT molecular complexity index is 1130. The monoisotopic (exact) mass is 402 g/mol. The number of benzene rings is 2. The normalized spacial score (nSPS) is 11.6. The Morgan fingerprint density at radius 2 is 1.64 bits per heavy atom. The number of carbonyl (C=O) groups excluding carboxylic acids is 1. The molecule has 0 aliphatic heterocycles. The van der Waals surface area contributed by atoms with Crippen molar-refractivity contribution in [2.45, 2.75) is 13.1 Å². The quantitative estimate of drug-likeness (QED) is 0.575. The van der Waals surface area contributed by atoms with E-state index < -0.39 is 15.9 Å². The van der Waals surface area contributed by atoms with Crippen LogP contribution in [-0.2, 0) is 35.0 Å². The third-order valence-corrected chi connectivity index (χ3v) is 5.71. The summed E-state index contributed by atoms with van der Waals surface area (Å²) in [5.74, 6) is -0.660. The highest BCUT2D eigenvalue weighted by atomic mass is 32.2. The number of aryl methyl sites for hydroxylation is 1. The highest BCUT2D eigenvalue weighted by Gasteiger charge is 2.14. The van der Waals surface area contributed by atoms with Crippen molar-refractivity contribution in [3.8, 4) is 0 Å². The zero-order valence-electron chi connectivity index (χ0n) is 15.5. The van der Waals surface area contributed by atoms with Crippen molar-refractivity contribution in [1.29, 1.82) is 0 Å². The highest BCUT2D eigenvalue weighted by molar-refractivity contribution is 7.89. The molecule has 0 bridgehead atoms. The van der Waals surface area contributed by atoms with Gasteiger partial charge in [0.15, 0.2) is 0 Å².